The van der Waals surface area contributed by atoms with Crippen LogP contribution in [0.3, 0.4) is 0 Å². The summed E-state index contributed by atoms with van der Waals surface area (Å²) in [6.07, 6.45) is -25.6. The van der Waals surface area contributed by atoms with Crippen LogP contribution in [0.5, 0.6) is 0 Å². The Kier molecular flexibility index (Phi) is 6.47. The number of benzene rings is 3. The van der Waals surface area contributed by atoms with Crippen LogP contribution in [0, 0.1) is 0 Å². The summed E-state index contributed by atoms with van der Waals surface area (Å²) >= 11 is 0. The topological polar surface area (TPSA) is 29.5 Å². The molecule has 2 nitrogen and oxygen atoms in total. The molecule has 0 spiro atoms. The molecule has 0 bridgehead atoms. The van der Waals surface area contributed by atoms with Crippen LogP contribution >= 0.6 is 6.83 Å². The Morgan fingerprint density at radius 2 is 1.02 bits per heavy atom. The molecule has 0 saturated heterocycles. The first-order valence-electron chi connectivity index (χ1n) is 11.1. The first-order valence-corrected chi connectivity index (χ1v) is 13.7. The second-order valence-corrected chi connectivity index (χ2v) is 13.9. The molecule has 0 aromatic heterocycles. The van der Waals surface area contributed by atoms with Crippen molar-refractivity contribution in [1.29, 1.82) is 0 Å². The average Bonchev–Trinajstić information content (AvgIpc) is 3.12. The molecular weight excluding hydrogens is 591 g/mol. The van der Waals surface area contributed by atoms with E-state index in [9.17, 15) is 57.8 Å². The Labute approximate surface area is 218 Å². The van der Waals surface area contributed by atoms with Crippen LogP contribution in [0.25, 0.3) is 0 Å². The zero-order valence-electron chi connectivity index (χ0n) is 19.8. The molecule has 3 aromatic carbocycles. The number of fused-ring (bicyclic) bond motifs is 1. The molecule has 15 heteroatoms. The van der Waals surface area contributed by atoms with Gasteiger partial charge in [-0.05, 0) is 0 Å². The van der Waals surface area contributed by atoms with Crippen LogP contribution in [-0.4, -0.2) is 36.5 Å². The van der Waals surface area contributed by atoms with E-state index in [1.54, 1.807) is 0 Å². The van der Waals surface area contributed by atoms with Crippen LogP contribution in [0.4, 0.5) is 52.7 Å². The summed E-state index contributed by atoms with van der Waals surface area (Å²) < 4.78 is 177. The average molecular weight is 608 g/mol. The molecule has 40 heavy (non-hydrogen) atoms. The Balaban J connectivity index is 2.33. The van der Waals surface area contributed by atoms with Gasteiger partial charge in [0.15, 0.2) is 0 Å². The molecule has 0 radical (unpaired) electrons. The Bertz CT molecular complexity index is 1400. The normalized spacial score (nSPS) is 19.9. The molecule has 1 aliphatic heterocycles. The van der Waals surface area contributed by atoms with E-state index in [1.807, 2.05) is 0 Å². The molecule has 0 aliphatic carbocycles. The Hall–Kier alpha value is -2.83. The van der Waals surface area contributed by atoms with Crippen molar-refractivity contribution in [3.63, 3.8) is 0 Å². The fraction of sp³-hybridized carbons (Fsp3) is 0.280. The first kappa shape index (κ1) is 30.1. The molecule has 1 N–H and O–H groups in total. The van der Waals surface area contributed by atoms with Gasteiger partial charge in [-0.25, -0.2) is 0 Å². The van der Waals surface area contributed by atoms with Gasteiger partial charge in [-0.1, -0.05) is 0 Å². The zero-order valence-corrected chi connectivity index (χ0v) is 20.7. The summed E-state index contributed by atoms with van der Waals surface area (Å²) in [5, 5.41) is 7.57. The molecule has 4 rings (SSSR count). The maximum atomic E-state index is 14.6. The van der Waals surface area contributed by atoms with Gasteiger partial charge in [-0.15, -0.1) is 0 Å². The van der Waals surface area contributed by atoms with E-state index in [-0.39, 0.29) is 6.07 Å². The van der Waals surface area contributed by atoms with Crippen LogP contribution < -0.4 is 15.9 Å². The quantitative estimate of drug-likeness (QED) is 0.264. The van der Waals surface area contributed by atoms with Gasteiger partial charge in [-0.2, -0.15) is 0 Å². The number of hydrogen-bond acceptors (Lipinski definition) is 2. The van der Waals surface area contributed by atoms with Gasteiger partial charge in [0, 0.05) is 0 Å². The van der Waals surface area contributed by atoms with E-state index in [1.165, 1.54) is 6.07 Å². The van der Waals surface area contributed by atoms with Gasteiger partial charge in [0.05, 0.1) is 0 Å². The van der Waals surface area contributed by atoms with Gasteiger partial charge in [0.25, 0.3) is 0 Å². The molecule has 0 fully saturated rings. The summed E-state index contributed by atoms with van der Waals surface area (Å²) in [6.45, 7) is -5.45. The van der Waals surface area contributed by atoms with Crippen molar-refractivity contribution >= 4 is 22.7 Å². The van der Waals surface area contributed by atoms with E-state index in [2.05, 4.69) is 0 Å². The van der Waals surface area contributed by atoms with E-state index < -0.39 is 69.8 Å². The van der Waals surface area contributed by atoms with Crippen molar-refractivity contribution < 1.29 is 62.3 Å². The summed E-state index contributed by atoms with van der Waals surface area (Å²) in [5.41, 5.74) is -14.4. The summed E-state index contributed by atoms with van der Waals surface area (Å²) in [6, 6.07) is 10.5. The first-order chi connectivity index (χ1) is 18.1. The van der Waals surface area contributed by atoms with Crippen molar-refractivity contribution in [2.45, 2.75) is 35.9 Å². The maximum absolute atomic E-state index is 14.6. The third-order valence-corrected chi connectivity index (χ3v) is 12.5. The molecule has 0 saturated carbocycles. The molecule has 0 atom stereocenters. The molecule has 1 heterocycles. The summed E-state index contributed by atoms with van der Waals surface area (Å²) in [7, 11) is 0. The van der Waals surface area contributed by atoms with E-state index in [0.717, 1.165) is 48.5 Å². The molecule has 0 amide bonds. The van der Waals surface area contributed by atoms with Crippen molar-refractivity contribution in [1.82, 2.24) is 0 Å². The van der Waals surface area contributed by atoms with Crippen LogP contribution in [0.1, 0.15) is 11.1 Å². The van der Waals surface area contributed by atoms with Crippen molar-refractivity contribution in [3.05, 3.63) is 90.0 Å². The predicted molar refractivity (Wildman–Crippen MR) is 122 cm³/mol. The minimum atomic E-state index is -6.51. The van der Waals surface area contributed by atoms with Gasteiger partial charge < -0.3 is 0 Å². The summed E-state index contributed by atoms with van der Waals surface area (Å²) in [4.78, 5) is 0. The number of alkyl halides is 12. The van der Waals surface area contributed by atoms with E-state index >= 15 is 0 Å². The Morgan fingerprint density at radius 1 is 0.600 bits per heavy atom. The number of halogens is 12. The van der Waals surface area contributed by atoms with Crippen molar-refractivity contribution in [3.8, 4) is 0 Å². The van der Waals surface area contributed by atoms with Gasteiger partial charge >= 0.3 is 218 Å². The minimum absolute atomic E-state index is 0.157. The third-order valence-electron chi connectivity index (χ3n) is 7.10. The molecule has 3 aromatic rings. The molecule has 218 valence electrons. The third kappa shape index (κ3) is 3.64. The SMILES string of the molecule is CP1(c2ccccc2)(c2ccccc2C(O)(C(F)(F)F)C(F)(F)F)OC(C(F)(F)F)(C(F)(F)F)c2ccccc21. The Morgan fingerprint density at radius 3 is 1.50 bits per heavy atom. The van der Waals surface area contributed by atoms with Gasteiger partial charge in [0.2, 0.25) is 0 Å². The number of hydrogen-bond donors (Lipinski definition) is 1. The second-order valence-electron chi connectivity index (χ2n) is 9.31. The fourth-order valence-electron chi connectivity index (χ4n) is 5.26. The van der Waals surface area contributed by atoms with Crippen LogP contribution in [0.15, 0.2) is 78.9 Å². The van der Waals surface area contributed by atoms with Crippen molar-refractivity contribution in [2.75, 3.05) is 6.66 Å². The standard InChI is InChI=1S/C25H17F12O2P/c1-40(15-9-3-2-4-10-15,18-13-7-5-11-16(18)20(38,22(26,27)28)23(29,30)31)19-14-8-6-12-17(19)21(39-40,24(32,33)34)25(35,36)37/h2-14,38H,1H3. The predicted octanol–water partition coefficient (Wildman–Crippen LogP) is 6.72. The van der Waals surface area contributed by atoms with Crippen molar-refractivity contribution in [2.24, 2.45) is 0 Å². The van der Waals surface area contributed by atoms with E-state index in [4.69, 9.17) is 4.52 Å². The summed E-state index contributed by atoms with van der Waals surface area (Å²) in [5.74, 6) is 0. The molecule has 0 unspecified atom stereocenters. The van der Waals surface area contributed by atoms with Gasteiger partial charge in [0.1, 0.15) is 0 Å². The fourth-order valence-corrected chi connectivity index (χ4v) is 10.8. The second kappa shape index (κ2) is 8.59. The molecule has 1 aliphatic rings. The van der Waals surface area contributed by atoms with Crippen LogP contribution in [0.2, 0.25) is 0 Å². The van der Waals surface area contributed by atoms with Crippen LogP contribution in [-0.2, 0) is 15.7 Å². The number of aliphatic hydroxyl groups is 1. The zero-order chi connectivity index (χ0) is 30.2. The molecular formula is C25H17F12O2P. The number of rotatable bonds is 3. The van der Waals surface area contributed by atoms with Gasteiger partial charge in [-0.3, -0.25) is 0 Å². The van der Waals surface area contributed by atoms with E-state index in [0.29, 0.717) is 24.9 Å². The monoisotopic (exact) mass is 608 g/mol.